The third-order valence-electron chi connectivity index (χ3n) is 5.88. The fourth-order valence-corrected chi connectivity index (χ4v) is 4.25. The van der Waals surface area contributed by atoms with Gasteiger partial charge in [0.05, 0.1) is 6.42 Å². The lowest BCUT2D eigenvalue weighted by molar-refractivity contribution is -0.136. The molecule has 0 heterocycles. The van der Waals surface area contributed by atoms with Crippen molar-refractivity contribution in [2.45, 2.75) is 25.2 Å². The van der Waals surface area contributed by atoms with Crippen molar-refractivity contribution >= 4 is 23.7 Å². The van der Waals surface area contributed by atoms with Crippen LogP contribution in [0.25, 0.3) is 11.1 Å². The molecule has 1 aliphatic rings. The third kappa shape index (κ3) is 5.43. The van der Waals surface area contributed by atoms with Crippen LogP contribution in [0.1, 0.15) is 35.4 Å². The average molecular weight is 459 g/mol. The molecule has 0 spiro atoms. The van der Waals surface area contributed by atoms with Gasteiger partial charge >= 0.3 is 12.1 Å². The fraction of sp³-hybridized carbons (Fsp3) is 0.222. The SMILES string of the molecule is O=C(O)CCNC(=O)CCc1ccccc1NC(=O)OCC1c2ccccc2-c2ccccc21. The summed E-state index contributed by atoms with van der Waals surface area (Å²) in [5, 5.41) is 14.0. The molecule has 0 aromatic heterocycles. The number of hydrogen-bond donors (Lipinski definition) is 3. The van der Waals surface area contributed by atoms with Gasteiger partial charge in [-0.2, -0.15) is 0 Å². The van der Waals surface area contributed by atoms with Crippen LogP contribution in [-0.4, -0.2) is 36.2 Å². The van der Waals surface area contributed by atoms with Crippen molar-refractivity contribution < 1.29 is 24.2 Å². The standard InChI is InChI=1S/C27H26N2O5/c30-25(28-16-15-26(31)32)14-13-18-7-1-6-12-24(18)29-27(33)34-17-23-21-10-4-2-8-19(21)20-9-3-5-11-22(20)23/h1-12,23H,13-17H2,(H,28,30)(H,29,33)(H,31,32). The molecule has 3 aromatic carbocycles. The van der Waals surface area contributed by atoms with Gasteiger partial charge in [0.15, 0.2) is 0 Å². The van der Waals surface area contributed by atoms with Crippen LogP contribution < -0.4 is 10.6 Å². The molecular weight excluding hydrogens is 432 g/mol. The lowest BCUT2D eigenvalue weighted by atomic mass is 9.98. The van der Waals surface area contributed by atoms with Crippen molar-refractivity contribution in [1.29, 1.82) is 0 Å². The Morgan fingerprint density at radius 1 is 0.824 bits per heavy atom. The van der Waals surface area contributed by atoms with Crippen LogP contribution in [0.5, 0.6) is 0 Å². The van der Waals surface area contributed by atoms with E-state index >= 15 is 0 Å². The van der Waals surface area contributed by atoms with E-state index in [2.05, 4.69) is 34.9 Å². The zero-order chi connectivity index (χ0) is 23.9. The number of amides is 2. The Morgan fingerprint density at radius 2 is 1.44 bits per heavy atom. The summed E-state index contributed by atoms with van der Waals surface area (Å²) in [5.41, 5.74) is 6.00. The number of carboxylic acids is 1. The fourth-order valence-electron chi connectivity index (χ4n) is 4.25. The first-order chi connectivity index (χ1) is 16.5. The summed E-state index contributed by atoms with van der Waals surface area (Å²) < 4.78 is 5.61. The molecule has 0 aliphatic heterocycles. The number of anilines is 1. The van der Waals surface area contributed by atoms with E-state index in [0.29, 0.717) is 12.1 Å². The number of fused-ring (bicyclic) bond motifs is 3. The Labute approximate surface area is 197 Å². The lowest BCUT2D eigenvalue weighted by Gasteiger charge is -2.15. The maximum absolute atomic E-state index is 12.6. The molecule has 7 heteroatoms. The number of carbonyl (C=O) groups excluding carboxylic acids is 2. The molecule has 3 aromatic rings. The van der Waals surface area contributed by atoms with Crippen LogP contribution in [0.2, 0.25) is 0 Å². The van der Waals surface area contributed by atoms with E-state index in [4.69, 9.17) is 9.84 Å². The summed E-state index contributed by atoms with van der Waals surface area (Å²) in [5.74, 6) is -1.22. The van der Waals surface area contributed by atoms with Crippen LogP contribution in [-0.2, 0) is 20.7 Å². The number of carboxylic acid groups (broad SMARTS) is 1. The maximum Gasteiger partial charge on any atom is 0.411 e. The molecule has 3 N–H and O–H groups in total. The number of benzene rings is 3. The van der Waals surface area contributed by atoms with Crippen LogP contribution in [0.3, 0.4) is 0 Å². The van der Waals surface area contributed by atoms with Gasteiger partial charge in [0.1, 0.15) is 6.61 Å². The van der Waals surface area contributed by atoms with Crippen LogP contribution in [0, 0.1) is 0 Å². The first kappa shape index (κ1) is 23.0. The van der Waals surface area contributed by atoms with Crippen molar-refractivity contribution in [2.75, 3.05) is 18.5 Å². The lowest BCUT2D eigenvalue weighted by Crippen LogP contribution is -2.26. The zero-order valence-corrected chi connectivity index (χ0v) is 18.6. The van der Waals surface area contributed by atoms with E-state index < -0.39 is 12.1 Å². The Hall–Kier alpha value is -4.13. The highest BCUT2D eigenvalue weighted by Crippen LogP contribution is 2.44. The summed E-state index contributed by atoms with van der Waals surface area (Å²) >= 11 is 0. The second kappa shape index (κ2) is 10.7. The summed E-state index contributed by atoms with van der Waals surface area (Å²) in [7, 11) is 0. The molecule has 0 fully saturated rings. The number of rotatable bonds is 9. The van der Waals surface area contributed by atoms with Gasteiger partial charge in [-0.1, -0.05) is 66.7 Å². The van der Waals surface area contributed by atoms with Crippen molar-refractivity contribution in [3.63, 3.8) is 0 Å². The normalized spacial score (nSPS) is 11.9. The Balaban J connectivity index is 1.35. The van der Waals surface area contributed by atoms with Gasteiger partial charge in [0.25, 0.3) is 0 Å². The van der Waals surface area contributed by atoms with Crippen LogP contribution >= 0.6 is 0 Å². The molecule has 0 atom stereocenters. The highest BCUT2D eigenvalue weighted by Gasteiger charge is 2.29. The molecule has 0 bridgehead atoms. The first-order valence-electron chi connectivity index (χ1n) is 11.2. The summed E-state index contributed by atoms with van der Waals surface area (Å²) in [6, 6.07) is 23.5. The molecule has 174 valence electrons. The van der Waals surface area contributed by atoms with Gasteiger partial charge in [-0.3, -0.25) is 14.9 Å². The molecule has 7 nitrogen and oxygen atoms in total. The van der Waals surface area contributed by atoms with Gasteiger partial charge in [-0.25, -0.2) is 4.79 Å². The van der Waals surface area contributed by atoms with Gasteiger partial charge < -0.3 is 15.2 Å². The smallest absolute Gasteiger partial charge is 0.411 e. The Morgan fingerprint density at radius 3 is 2.12 bits per heavy atom. The molecule has 0 unspecified atom stereocenters. The number of aliphatic carboxylic acids is 1. The summed E-state index contributed by atoms with van der Waals surface area (Å²) in [6.07, 6.45) is -0.0897. The minimum absolute atomic E-state index is 0.0251. The monoisotopic (exact) mass is 458 g/mol. The molecule has 34 heavy (non-hydrogen) atoms. The molecule has 0 radical (unpaired) electrons. The molecule has 0 saturated heterocycles. The minimum Gasteiger partial charge on any atom is -0.481 e. The van der Waals surface area contributed by atoms with Crippen molar-refractivity contribution in [3.8, 4) is 11.1 Å². The average Bonchev–Trinajstić information content (AvgIpc) is 3.16. The van der Waals surface area contributed by atoms with Gasteiger partial charge in [-0.05, 0) is 40.3 Å². The number of ether oxygens (including phenoxy) is 1. The van der Waals surface area contributed by atoms with Crippen molar-refractivity contribution in [1.82, 2.24) is 5.32 Å². The molecular formula is C27H26N2O5. The minimum atomic E-state index is -0.960. The van der Waals surface area contributed by atoms with E-state index in [1.54, 1.807) is 12.1 Å². The van der Waals surface area contributed by atoms with E-state index in [1.165, 1.54) is 11.1 Å². The van der Waals surface area contributed by atoms with E-state index in [-0.39, 0.29) is 37.8 Å². The molecule has 2 amide bonds. The predicted molar refractivity (Wildman–Crippen MR) is 129 cm³/mol. The zero-order valence-electron chi connectivity index (χ0n) is 18.6. The van der Waals surface area contributed by atoms with Gasteiger partial charge in [0.2, 0.25) is 5.91 Å². The highest BCUT2D eigenvalue weighted by molar-refractivity contribution is 5.86. The van der Waals surface area contributed by atoms with Crippen molar-refractivity contribution in [2.24, 2.45) is 0 Å². The van der Waals surface area contributed by atoms with Crippen LogP contribution in [0.15, 0.2) is 72.8 Å². The van der Waals surface area contributed by atoms with E-state index in [0.717, 1.165) is 16.7 Å². The first-order valence-corrected chi connectivity index (χ1v) is 11.2. The summed E-state index contributed by atoms with van der Waals surface area (Å²) in [4.78, 5) is 35.1. The number of aryl methyl sites for hydroxylation is 1. The largest absolute Gasteiger partial charge is 0.481 e. The summed E-state index contributed by atoms with van der Waals surface area (Å²) in [6.45, 7) is 0.307. The second-order valence-electron chi connectivity index (χ2n) is 8.10. The van der Waals surface area contributed by atoms with Gasteiger partial charge in [-0.15, -0.1) is 0 Å². The predicted octanol–water partition coefficient (Wildman–Crippen LogP) is 4.57. The van der Waals surface area contributed by atoms with Crippen molar-refractivity contribution in [3.05, 3.63) is 89.5 Å². The number of carbonyl (C=O) groups is 3. The number of para-hydroxylation sites is 1. The van der Waals surface area contributed by atoms with E-state index in [9.17, 15) is 14.4 Å². The molecule has 4 rings (SSSR count). The van der Waals surface area contributed by atoms with Gasteiger partial charge in [0, 0.05) is 24.6 Å². The number of nitrogens with one attached hydrogen (secondary N) is 2. The maximum atomic E-state index is 12.6. The molecule has 0 saturated carbocycles. The third-order valence-corrected chi connectivity index (χ3v) is 5.88. The quantitative estimate of drug-likeness (QED) is 0.436. The Kier molecular flexibility index (Phi) is 7.22. The second-order valence-corrected chi connectivity index (χ2v) is 8.10. The molecule has 1 aliphatic carbocycles. The Bertz CT molecular complexity index is 1160. The van der Waals surface area contributed by atoms with Crippen LogP contribution in [0.4, 0.5) is 10.5 Å². The van der Waals surface area contributed by atoms with E-state index in [1.807, 2.05) is 36.4 Å². The topological polar surface area (TPSA) is 105 Å². The highest BCUT2D eigenvalue weighted by atomic mass is 16.5. The number of hydrogen-bond acceptors (Lipinski definition) is 4.